The van der Waals surface area contributed by atoms with E-state index in [0.29, 0.717) is 6.61 Å². The first kappa shape index (κ1) is 15.3. The van der Waals surface area contributed by atoms with Crippen molar-refractivity contribution in [3.63, 3.8) is 0 Å². The second kappa shape index (κ2) is 6.59. The number of benzene rings is 1. The summed E-state index contributed by atoms with van der Waals surface area (Å²) in [5, 5.41) is 10.5. The number of carbonyl (C=O) groups excluding carboxylic acids is 1. The van der Waals surface area contributed by atoms with Gasteiger partial charge in [-0.3, -0.25) is 14.9 Å². The summed E-state index contributed by atoms with van der Waals surface area (Å²) in [6.07, 6.45) is -1.23. The second-order valence-corrected chi connectivity index (χ2v) is 4.48. The molecule has 7 nitrogen and oxygen atoms in total. The van der Waals surface area contributed by atoms with Crippen molar-refractivity contribution >= 4 is 11.5 Å². The lowest BCUT2D eigenvalue weighted by atomic mass is 9.90. The maximum absolute atomic E-state index is 13.7. The van der Waals surface area contributed by atoms with Gasteiger partial charge in [0.05, 0.1) is 24.2 Å². The zero-order valence-corrected chi connectivity index (χ0v) is 11.3. The third-order valence-electron chi connectivity index (χ3n) is 3.05. The number of nitrogens with zero attached hydrogens (tertiary/aromatic N) is 1. The van der Waals surface area contributed by atoms with Crippen LogP contribution in [0.2, 0.25) is 0 Å². The number of nitro benzene ring substituents is 1. The molecule has 1 saturated carbocycles. The van der Waals surface area contributed by atoms with Crippen LogP contribution in [0, 0.1) is 15.9 Å². The van der Waals surface area contributed by atoms with Crippen LogP contribution in [-0.4, -0.2) is 43.2 Å². The molecule has 2 unspecified atom stereocenters. The van der Waals surface area contributed by atoms with Gasteiger partial charge in [0.1, 0.15) is 6.10 Å². The van der Waals surface area contributed by atoms with Gasteiger partial charge in [-0.25, -0.2) is 4.39 Å². The Labute approximate surface area is 119 Å². The Bertz CT molecular complexity index is 549. The molecular formula is C13H14FNO6. The fourth-order valence-corrected chi connectivity index (χ4v) is 1.89. The molecule has 0 bridgehead atoms. The molecule has 114 valence electrons. The smallest absolute Gasteiger partial charge is 0.272 e. The Hall–Kier alpha value is -2.06. The quantitative estimate of drug-likeness (QED) is 0.430. The van der Waals surface area contributed by atoms with Crippen molar-refractivity contribution in [2.75, 3.05) is 20.3 Å². The van der Waals surface area contributed by atoms with Gasteiger partial charge in [-0.15, -0.1) is 0 Å². The van der Waals surface area contributed by atoms with Crippen molar-refractivity contribution < 1.29 is 28.3 Å². The van der Waals surface area contributed by atoms with Gasteiger partial charge in [-0.1, -0.05) is 0 Å². The van der Waals surface area contributed by atoms with E-state index in [-0.39, 0.29) is 30.2 Å². The highest BCUT2D eigenvalue weighted by atomic mass is 19.1. The lowest BCUT2D eigenvalue weighted by molar-refractivity contribution is -0.385. The molecule has 1 aromatic carbocycles. The number of methoxy groups -OCH3 is 1. The minimum atomic E-state index is -0.848. The Kier molecular flexibility index (Phi) is 4.81. The van der Waals surface area contributed by atoms with Crippen LogP contribution in [0.5, 0.6) is 5.75 Å². The van der Waals surface area contributed by atoms with Gasteiger partial charge in [0.15, 0.2) is 23.5 Å². The van der Waals surface area contributed by atoms with Crippen molar-refractivity contribution in [3.05, 3.63) is 34.1 Å². The first-order valence-electron chi connectivity index (χ1n) is 6.26. The number of non-ortho nitro benzene ring substituents is 1. The van der Waals surface area contributed by atoms with Crippen molar-refractivity contribution in [1.29, 1.82) is 0 Å². The van der Waals surface area contributed by atoms with E-state index in [1.807, 2.05) is 0 Å². The van der Waals surface area contributed by atoms with Crippen molar-refractivity contribution in [2.45, 2.75) is 18.6 Å². The zero-order chi connectivity index (χ0) is 15.4. The van der Waals surface area contributed by atoms with Crippen LogP contribution < -0.4 is 4.74 Å². The number of Topliss-reactive ketones (excluding diaryl/α,β-unsaturated/α-hetero) is 1. The van der Waals surface area contributed by atoms with Gasteiger partial charge < -0.3 is 14.2 Å². The Morgan fingerprint density at radius 1 is 1.43 bits per heavy atom. The van der Waals surface area contributed by atoms with Crippen molar-refractivity contribution in [3.8, 4) is 5.75 Å². The standard InChI is InChI=1S/C13H14FNO6/c1-19-4-5-20-13-10(16)7-12(13)21-11-3-2-8(15(17)18)6-9(11)14/h2-3,6,12-13H,4-5,7H2,1H3. The predicted octanol–water partition coefficient (Wildman–Crippen LogP) is 1.49. The highest BCUT2D eigenvalue weighted by molar-refractivity contribution is 5.90. The lowest BCUT2D eigenvalue weighted by Crippen LogP contribution is -2.52. The summed E-state index contributed by atoms with van der Waals surface area (Å²) >= 11 is 0. The largest absolute Gasteiger partial charge is 0.484 e. The van der Waals surface area contributed by atoms with E-state index in [1.165, 1.54) is 13.2 Å². The van der Waals surface area contributed by atoms with Crippen LogP contribution in [0.3, 0.4) is 0 Å². The monoisotopic (exact) mass is 299 g/mol. The molecule has 1 fully saturated rings. The normalized spacial score (nSPS) is 21.0. The van der Waals surface area contributed by atoms with E-state index in [4.69, 9.17) is 14.2 Å². The van der Waals surface area contributed by atoms with Gasteiger partial charge >= 0.3 is 0 Å². The van der Waals surface area contributed by atoms with Crippen LogP contribution in [0.1, 0.15) is 6.42 Å². The second-order valence-electron chi connectivity index (χ2n) is 4.48. The number of halogens is 1. The molecule has 1 aliphatic rings. The minimum absolute atomic E-state index is 0.119. The molecule has 0 aromatic heterocycles. The molecule has 2 rings (SSSR count). The first-order chi connectivity index (χ1) is 10.0. The highest BCUT2D eigenvalue weighted by Gasteiger charge is 2.43. The molecule has 1 aliphatic carbocycles. The van der Waals surface area contributed by atoms with Gasteiger partial charge in [0.25, 0.3) is 5.69 Å². The van der Waals surface area contributed by atoms with Gasteiger partial charge in [-0.2, -0.15) is 0 Å². The molecule has 0 heterocycles. The average Bonchev–Trinajstić information content (AvgIpc) is 2.44. The number of ether oxygens (including phenoxy) is 3. The highest BCUT2D eigenvalue weighted by Crippen LogP contribution is 2.29. The Morgan fingerprint density at radius 3 is 2.76 bits per heavy atom. The van der Waals surface area contributed by atoms with E-state index in [1.54, 1.807) is 0 Å². The number of nitro groups is 1. The van der Waals surface area contributed by atoms with Gasteiger partial charge in [-0.05, 0) is 6.07 Å². The number of rotatable bonds is 7. The molecular weight excluding hydrogens is 285 g/mol. The van der Waals surface area contributed by atoms with E-state index in [2.05, 4.69) is 0 Å². The third-order valence-corrected chi connectivity index (χ3v) is 3.05. The summed E-state index contributed by atoms with van der Waals surface area (Å²) in [5.41, 5.74) is -0.363. The summed E-state index contributed by atoms with van der Waals surface area (Å²) in [4.78, 5) is 21.2. The summed E-state index contributed by atoms with van der Waals surface area (Å²) in [6, 6.07) is 3.08. The molecule has 21 heavy (non-hydrogen) atoms. The number of carbonyl (C=O) groups is 1. The maximum atomic E-state index is 13.7. The van der Waals surface area contributed by atoms with Crippen molar-refractivity contribution in [2.24, 2.45) is 0 Å². The molecule has 8 heteroatoms. The summed E-state index contributed by atoms with van der Waals surface area (Å²) < 4.78 is 29.1. The number of hydrogen-bond donors (Lipinski definition) is 0. The van der Waals surface area contributed by atoms with Crippen LogP contribution in [-0.2, 0) is 14.3 Å². The SMILES string of the molecule is COCCOC1C(=O)CC1Oc1ccc([N+](=O)[O-])cc1F. The molecule has 0 saturated heterocycles. The predicted molar refractivity (Wildman–Crippen MR) is 68.7 cm³/mol. The van der Waals surface area contributed by atoms with Crippen LogP contribution >= 0.6 is 0 Å². The Morgan fingerprint density at radius 2 is 2.19 bits per heavy atom. The number of hydrogen-bond acceptors (Lipinski definition) is 6. The topological polar surface area (TPSA) is 87.9 Å². The fraction of sp³-hybridized carbons (Fsp3) is 0.462. The van der Waals surface area contributed by atoms with Gasteiger partial charge in [0, 0.05) is 19.6 Å². The first-order valence-corrected chi connectivity index (χ1v) is 6.26. The van der Waals surface area contributed by atoms with E-state index < -0.39 is 22.9 Å². The molecule has 0 radical (unpaired) electrons. The zero-order valence-electron chi connectivity index (χ0n) is 11.3. The fourth-order valence-electron chi connectivity index (χ4n) is 1.89. The number of ketones is 1. The summed E-state index contributed by atoms with van der Waals surface area (Å²) in [5.74, 6) is -1.11. The van der Waals surface area contributed by atoms with E-state index in [9.17, 15) is 19.3 Å². The van der Waals surface area contributed by atoms with Gasteiger partial charge in [0.2, 0.25) is 0 Å². The van der Waals surface area contributed by atoms with Crippen LogP contribution in [0.4, 0.5) is 10.1 Å². The molecule has 0 N–H and O–H groups in total. The summed E-state index contributed by atoms with van der Waals surface area (Å²) in [7, 11) is 1.51. The van der Waals surface area contributed by atoms with Crippen molar-refractivity contribution in [1.82, 2.24) is 0 Å². The average molecular weight is 299 g/mol. The molecule has 2 atom stereocenters. The minimum Gasteiger partial charge on any atom is -0.484 e. The molecule has 0 spiro atoms. The van der Waals surface area contributed by atoms with Crippen LogP contribution in [0.15, 0.2) is 18.2 Å². The summed E-state index contributed by atoms with van der Waals surface area (Å²) in [6.45, 7) is 0.567. The van der Waals surface area contributed by atoms with E-state index >= 15 is 0 Å². The van der Waals surface area contributed by atoms with E-state index in [0.717, 1.165) is 12.1 Å². The molecule has 0 aliphatic heterocycles. The third kappa shape index (κ3) is 3.53. The maximum Gasteiger partial charge on any atom is 0.272 e. The molecule has 0 amide bonds. The molecule has 1 aromatic rings. The van der Waals surface area contributed by atoms with Crippen LogP contribution in [0.25, 0.3) is 0 Å². The Balaban J connectivity index is 1.98. The lowest BCUT2D eigenvalue weighted by Gasteiger charge is -2.34.